The van der Waals surface area contributed by atoms with Gasteiger partial charge in [0.05, 0.1) is 17.6 Å². The van der Waals surface area contributed by atoms with Crippen LogP contribution in [0.3, 0.4) is 0 Å². The molecule has 2 N–H and O–H groups in total. The van der Waals surface area contributed by atoms with Crippen LogP contribution < -0.4 is 0 Å². The van der Waals surface area contributed by atoms with Gasteiger partial charge in [0, 0.05) is 51.5 Å². The number of aryl methyl sites for hydroxylation is 1. The van der Waals surface area contributed by atoms with Crippen LogP contribution in [0.1, 0.15) is 42.3 Å². The largest absolute Gasteiger partial charge is 0.361 e. The van der Waals surface area contributed by atoms with Crippen LogP contribution in [0.15, 0.2) is 36.7 Å². The van der Waals surface area contributed by atoms with Crippen LogP contribution in [0.4, 0.5) is 8.78 Å². The number of H-pyrrole nitrogens is 2. The molecule has 0 spiro atoms. The van der Waals surface area contributed by atoms with Crippen molar-refractivity contribution >= 4 is 17.0 Å². The molecule has 3 heterocycles. The van der Waals surface area contributed by atoms with Crippen molar-refractivity contribution in [3.8, 4) is 22.4 Å². The van der Waals surface area contributed by atoms with Crippen molar-refractivity contribution in [1.82, 2.24) is 15.0 Å². The summed E-state index contributed by atoms with van der Waals surface area (Å²) in [7, 11) is 0. The van der Waals surface area contributed by atoms with Gasteiger partial charge in [-0.15, -0.1) is 0 Å². The van der Waals surface area contributed by atoms with Crippen molar-refractivity contribution in [2.24, 2.45) is 0 Å². The molecule has 3 aromatic heterocycles. The highest BCUT2D eigenvalue weighted by Gasteiger charge is 2.27. The van der Waals surface area contributed by atoms with Crippen molar-refractivity contribution in [3.63, 3.8) is 0 Å². The Bertz CT molecular complexity index is 1290. The Morgan fingerprint density at radius 2 is 1.97 bits per heavy atom. The maximum absolute atomic E-state index is 15.1. The minimum absolute atomic E-state index is 0.107. The predicted molar refractivity (Wildman–Crippen MR) is 113 cm³/mol. The number of pyridine rings is 1. The normalized spacial score (nSPS) is 13.0. The maximum Gasteiger partial charge on any atom is 0.149 e. The average Bonchev–Trinajstić information content (AvgIpc) is 3.39. The lowest BCUT2D eigenvalue weighted by Gasteiger charge is -2.15. The summed E-state index contributed by atoms with van der Waals surface area (Å²) in [4.78, 5) is 10.8. The zero-order valence-electron chi connectivity index (χ0n) is 16.5. The van der Waals surface area contributed by atoms with Gasteiger partial charge >= 0.3 is 0 Å². The molecule has 5 rings (SSSR count). The van der Waals surface area contributed by atoms with Crippen molar-refractivity contribution in [1.29, 1.82) is 0 Å². The molecule has 29 heavy (non-hydrogen) atoms. The monoisotopic (exact) mass is 389 g/mol. The number of hydrogen-bond donors (Lipinski definition) is 2. The highest BCUT2D eigenvalue weighted by atomic mass is 19.1. The number of nitrogens with zero attached hydrogens (tertiary/aromatic N) is 1. The molecule has 0 unspecified atom stereocenters. The Morgan fingerprint density at radius 1 is 1.14 bits per heavy atom. The first-order valence-electron chi connectivity index (χ1n) is 9.79. The van der Waals surface area contributed by atoms with Crippen molar-refractivity contribution in [2.75, 3.05) is 0 Å². The minimum atomic E-state index is -0.336. The molecule has 146 valence electrons. The summed E-state index contributed by atoms with van der Waals surface area (Å²) < 4.78 is 29.4. The van der Waals surface area contributed by atoms with E-state index in [0.29, 0.717) is 12.0 Å². The Kier molecular flexibility index (Phi) is 3.95. The summed E-state index contributed by atoms with van der Waals surface area (Å²) in [5, 5.41) is 0.932. The number of benzene rings is 1. The van der Waals surface area contributed by atoms with E-state index in [0.717, 1.165) is 50.2 Å². The van der Waals surface area contributed by atoms with E-state index in [4.69, 9.17) is 0 Å². The SMILES string of the molecule is Cc1[nH]c(-c2cc(F)cc3[nH]ccc23)c(C(C)C)c1-c1c(F)cnc2c1C=CC2. The van der Waals surface area contributed by atoms with E-state index in [1.807, 2.05) is 25.1 Å². The Balaban J connectivity index is 1.86. The molecule has 1 aliphatic carbocycles. The zero-order valence-corrected chi connectivity index (χ0v) is 16.5. The number of nitrogens with one attached hydrogen (secondary N) is 2. The number of rotatable bonds is 3. The third-order valence-electron chi connectivity index (χ3n) is 5.71. The van der Waals surface area contributed by atoms with Crippen LogP contribution in [0.25, 0.3) is 39.4 Å². The summed E-state index contributed by atoms with van der Waals surface area (Å²) in [6, 6.07) is 4.98. The lowest BCUT2D eigenvalue weighted by Crippen LogP contribution is -2.00. The topological polar surface area (TPSA) is 44.5 Å². The molecule has 3 nitrogen and oxygen atoms in total. The molecule has 5 heteroatoms. The second-order valence-electron chi connectivity index (χ2n) is 7.91. The molecule has 0 atom stereocenters. The molecule has 0 fully saturated rings. The summed E-state index contributed by atoms with van der Waals surface area (Å²) in [5.74, 6) is -0.537. The highest BCUT2D eigenvalue weighted by Crippen LogP contribution is 2.44. The minimum Gasteiger partial charge on any atom is -0.361 e. The van der Waals surface area contributed by atoms with Gasteiger partial charge in [0.25, 0.3) is 0 Å². The summed E-state index contributed by atoms with van der Waals surface area (Å²) >= 11 is 0. The predicted octanol–water partition coefficient (Wildman–Crippen LogP) is 6.50. The van der Waals surface area contributed by atoms with Crippen LogP contribution in [0.2, 0.25) is 0 Å². The number of allylic oxidation sites excluding steroid dienone is 1. The second kappa shape index (κ2) is 6.41. The molecule has 0 bridgehead atoms. The average molecular weight is 389 g/mol. The van der Waals surface area contributed by atoms with Gasteiger partial charge in [0.1, 0.15) is 11.6 Å². The first-order chi connectivity index (χ1) is 14.0. The van der Waals surface area contributed by atoms with E-state index >= 15 is 4.39 Å². The third kappa shape index (κ3) is 2.64. The van der Waals surface area contributed by atoms with Crippen molar-refractivity contribution in [3.05, 3.63) is 70.8 Å². The highest BCUT2D eigenvalue weighted by molar-refractivity contribution is 5.97. The van der Waals surface area contributed by atoms with E-state index in [1.54, 1.807) is 12.3 Å². The molecule has 0 saturated carbocycles. The van der Waals surface area contributed by atoms with Gasteiger partial charge in [-0.1, -0.05) is 26.0 Å². The van der Waals surface area contributed by atoms with Crippen LogP contribution in [0, 0.1) is 18.6 Å². The Hall–Kier alpha value is -3.21. The van der Waals surface area contributed by atoms with Crippen LogP contribution in [-0.2, 0) is 6.42 Å². The third-order valence-corrected chi connectivity index (χ3v) is 5.71. The quantitative estimate of drug-likeness (QED) is 0.412. The second-order valence-corrected chi connectivity index (χ2v) is 7.91. The van der Waals surface area contributed by atoms with E-state index in [1.165, 1.54) is 12.3 Å². The fourth-order valence-electron chi connectivity index (χ4n) is 4.52. The van der Waals surface area contributed by atoms with E-state index in [-0.39, 0.29) is 17.6 Å². The Morgan fingerprint density at radius 3 is 2.76 bits per heavy atom. The number of aromatic nitrogens is 3. The van der Waals surface area contributed by atoms with Gasteiger partial charge < -0.3 is 9.97 Å². The van der Waals surface area contributed by atoms with E-state index in [2.05, 4.69) is 28.8 Å². The van der Waals surface area contributed by atoms with E-state index < -0.39 is 0 Å². The van der Waals surface area contributed by atoms with Crippen molar-refractivity contribution in [2.45, 2.75) is 33.1 Å². The number of hydrogen-bond acceptors (Lipinski definition) is 1. The first-order valence-corrected chi connectivity index (χ1v) is 9.79. The van der Waals surface area contributed by atoms with Gasteiger partial charge in [-0.25, -0.2) is 8.78 Å². The fourth-order valence-corrected chi connectivity index (χ4v) is 4.52. The zero-order chi connectivity index (χ0) is 20.3. The summed E-state index contributed by atoms with van der Waals surface area (Å²) in [6.45, 7) is 6.11. The van der Waals surface area contributed by atoms with Gasteiger partial charge in [0.15, 0.2) is 0 Å². The standard InChI is InChI=1S/C24H21F2N3/c1-12(2)21-22(23-16-5-4-6-19(16)28-11-18(23)26)13(3)29-24(21)17-9-14(25)10-20-15(17)7-8-27-20/h4-5,7-12,27,29H,6H2,1-3H3. The lowest BCUT2D eigenvalue weighted by molar-refractivity contribution is 0.623. The molecule has 1 aliphatic rings. The van der Waals surface area contributed by atoms with Crippen molar-refractivity contribution < 1.29 is 8.78 Å². The van der Waals surface area contributed by atoms with Crippen LogP contribution in [0.5, 0.6) is 0 Å². The smallest absolute Gasteiger partial charge is 0.149 e. The van der Waals surface area contributed by atoms with Gasteiger partial charge in [-0.05, 0) is 36.6 Å². The van der Waals surface area contributed by atoms with Gasteiger partial charge in [-0.2, -0.15) is 0 Å². The van der Waals surface area contributed by atoms with Gasteiger partial charge in [-0.3, -0.25) is 4.98 Å². The van der Waals surface area contributed by atoms with Crippen LogP contribution in [-0.4, -0.2) is 15.0 Å². The Labute approximate surface area is 167 Å². The molecule has 0 aliphatic heterocycles. The molecule has 4 aromatic rings. The lowest BCUT2D eigenvalue weighted by atomic mass is 9.88. The molecule has 0 saturated heterocycles. The number of fused-ring (bicyclic) bond motifs is 2. The summed E-state index contributed by atoms with van der Waals surface area (Å²) in [5.41, 5.74) is 7.36. The molecule has 0 amide bonds. The van der Waals surface area contributed by atoms with Crippen LogP contribution >= 0.6 is 0 Å². The molecular weight excluding hydrogens is 368 g/mol. The first kappa shape index (κ1) is 17.9. The van der Waals surface area contributed by atoms with Gasteiger partial charge in [0.2, 0.25) is 0 Å². The number of halogens is 2. The fraction of sp³-hybridized carbons (Fsp3) is 0.208. The molecular formula is C24H21F2N3. The molecule has 0 radical (unpaired) electrons. The molecule has 1 aromatic carbocycles. The summed E-state index contributed by atoms with van der Waals surface area (Å²) in [6.07, 6.45) is 7.78. The maximum atomic E-state index is 15.1. The number of aromatic amines is 2. The van der Waals surface area contributed by atoms with E-state index in [9.17, 15) is 4.39 Å².